The van der Waals surface area contributed by atoms with Crippen molar-refractivity contribution >= 4 is 28.0 Å². The van der Waals surface area contributed by atoms with E-state index in [1.807, 2.05) is 39.0 Å². The Morgan fingerprint density at radius 2 is 1.82 bits per heavy atom. The number of phenolic OH excluding ortho intramolecular Hbond substituents is 1. The molecule has 1 aliphatic rings. The van der Waals surface area contributed by atoms with Gasteiger partial charge in [0.2, 0.25) is 0 Å². The molecule has 0 spiro atoms. The van der Waals surface area contributed by atoms with Gasteiger partial charge >= 0.3 is 6.09 Å². The summed E-state index contributed by atoms with van der Waals surface area (Å²) in [6.07, 6.45) is 1.56. The lowest BCUT2D eigenvalue weighted by atomic mass is 9.89. The zero-order valence-electron chi connectivity index (χ0n) is 19.1. The summed E-state index contributed by atoms with van der Waals surface area (Å²) in [4.78, 5) is 17.5. The predicted octanol–water partition coefficient (Wildman–Crippen LogP) is 5.60. The van der Waals surface area contributed by atoms with E-state index in [1.54, 1.807) is 17.0 Å². The molecule has 2 aromatic heterocycles. The van der Waals surface area contributed by atoms with Crippen LogP contribution in [0.4, 0.5) is 4.79 Å². The second kappa shape index (κ2) is 8.06. The molecule has 5 rings (SSSR count). The summed E-state index contributed by atoms with van der Waals surface area (Å²) in [7, 11) is 0. The SMILES string of the molecule is CC(C)(C)OC(=O)N1CCC(c2ccc3[nH]c4nnc(-c5ccccc5O)cc4c3c2)CC1. The number of carbonyl (C=O) groups is 1. The monoisotopic (exact) mass is 444 g/mol. The minimum atomic E-state index is -0.480. The summed E-state index contributed by atoms with van der Waals surface area (Å²) in [5.74, 6) is 0.564. The zero-order valence-corrected chi connectivity index (χ0v) is 19.1. The van der Waals surface area contributed by atoms with Gasteiger partial charge < -0.3 is 19.7 Å². The van der Waals surface area contributed by atoms with Crippen molar-refractivity contribution in [2.24, 2.45) is 0 Å². The highest BCUT2D eigenvalue weighted by Gasteiger charge is 2.27. The summed E-state index contributed by atoms with van der Waals surface area (Å²) in [6.45, 7) is 7.05. The number of carbonyl (C=O) groups excluding carboxylic acids is 1. The first-order valence-electron chi connectivity index (χ1n) is 11.3. The summed E-state index contributed by atoms with van der Waals surface area (Å²) in [5.41, 5.74) is 3.80. The summed E-state index contributed by atoms with van der Waals surface area (Å²) in [6, 6.07) is 15.6. The lowest BCUT2D eigenvalue weighted by molar-refractivity contribution is 0.0205. The van der Waals surface area contributed by atoms with Crippen LogP contribution >= 0.6 is 0 Å². The fraction of sp³-hybridized carbons (Fsp3) is 0.346. The van der Waals surface area contributed by atoms with Gasteiger partial charge in [-0.15, -0.1) is 10.2 Å². The van der Waals surface area contributed by atoms with Crippen molar-refractivity contribution in [1.82, 2.24) is 20.1 Å². The van der Waals surface area contributed by atoms with E-state index in [2.05, 4.69) is 33.4 Å². The number of amides is 1. The minimum Gasteiger partial charge on any atom is -0.507 e. The first-order chi connectivity index (χ1) is 15.8. The Hall–Kier alpha value is -3.61. The molecule has 0 atom stereocenters. The molecule has 0 aliphatic carbocycles. The van der Waals surface area contributed by atoms with E-state index in [-0.39, 0.29) is 11.8 Å². The highest BCUT2D eigenvalue weighted by molar-refractivity contribution is 6.06. The second-order valence-corrected chi connectivity index (χ2v) is 9.68. The molecule has 2 N–H and O–H groups in total. The lowest BCUT2D eigenvalue weighted by Crippen LogP contribution is -2.41. The van der Waals surface area contributed by atoms with Crippen LogP contribution < -0.4 is 0 Å². The van der Waals surface area contributed by atoms with Crippen LogP contribution in [0.25, 0.3) is 33.2 Å². The van der Waals surface area contributed by atoms with E-state index in [0.717, 1.165) is 34.8 Å². The first-order valence-corrected chi connectivity index (χ1v) is 11.3. The fourth-order valence-corrected chi connectivity index (χ4v) is 4.51. The molecule has 2 aromatic carbocycles. The molecule has 1 amide bonds. The van der Waals surface area contributed by atoms with Gasteiger partial charge in [0.15, 0.2) is 5.65 Å². The molecular weight excluding hydrogens is 416 g/mol. The Labute approximate surface area is 192 Å². The van der Waals surface area contributed by atoms with E-state index >= 15 is 0 Å². The number of rotatable bonds is 2. The Morgan fingerprint density at radius 1 is 1.06 bits per heavy atom. The highest BCUT2D eigenvalue weighted by Crippen LogP contribution is 2.35. The van der Waals surface area contributed by atoms with Crippen molar-refractivity contribution in [2.75, 3.05) is 13.1 Å². The van der Waals surface area contributed by atoms with Crippen LogP contribution in [-0.2, 0) is 4.74 Å². The van der Waals surface area contributed by atoms with Gasteiger partial charge in [0.25, 0.3) is 0 Å². The number of phenols is 1. The van der Waals surface area contributed by atoms with Gasteiger partial charge in [-0.2, -0.15) is 0 Å². The van der Waals surface area contributed by atoms with Gasteiger partial charge in [0, 0.05) is 34.9 Å². The van der Waals surface area contributed by atoms with Crippen LogP contribution in [0.15, 0.2) is 48.5 Å². The second-order valence-electron chi connectivity index (χ2n) is 9.68. The smallest absolute Gasteiger partial charge is 0.410 e. The number of nitrogens with one attached hydrogen (secondary N) is 1. The van der Waals surface area contributed by atoms with Crippen molar-refractivity contribution < 1.29 is 14.6 Å². The number of aromatic amines is 1. The number of benzene rings is 2. The molecule has 4 aromatic rings. The maximum atomic E-state index is 12.4. The average molecular weight is 445 g/mol. The molecule has 7 heteroatoms. The Kier molecular flexibility index (Phi) is 5.19. The number of para-hydroxylation sites is 1. The number of ether oxygens (including phenoxy) is 1. The van der Waals surface area contributed by atoms with E-state index < -0.39 is 5.60 Å². The van der Waals surface area contributed by atoms with Gasteiger partial charge in [-0.3, -0.25) is 0 Å². The maximum Gasteiger partial charge on any atom is 0.410 e. The number of hydrogen-bond acceptors (Lipinski definition) is 5. The third-order valence-corrected chi connectivity index (χ3v) is 6.18. The van der Waals surface area contributed by atoms with Crippen molar-refractivity contribution in [2.45, 2.75) is 45.1 Å². The van der Waals surface area contributed by atoms with Crippen LogP contribution in [0.2, 0.25) is 0 Å². The largest absolute Gasteiger partial charge is 0.507 e. The number of nitrogens with zero attached hydrogens (tertiary/aromatic N) is 3. The quantitative estimate of drug-likeness (QED) is 0.420. The number of piperidine rings is 1. The predicted molar refractivity (Wildman–Crippen MR) is 128 cm³/mol. The standard InChI is InChI=1S/C26H28N4O3/c1-26(2,3)33-25(32)30-12-10-16(11-13-30)17-8-9-21-19(14-17)20-15-22(28-29-24(20)27-21)18-6-4-5-7-23(18)31/h4-9,14-16,31H,10-13H2,1-3H3,(H,27,29). The number of fused-ring (bicyclic) bond motifs is 3. The molecule has 0 saturated carbocycles. The molecule has 0 unspecified atom stereocenters. The number of likely N-dealkylation sites (tertiary alicyclic amines) is 1. The zero-order chi connectivity index (χ0) is 23.2. The molecule has 0 radical (unpaired) electrons. The van der Waals surface area contributed by atoms with Crippen LogP contribution in [0.3, 0.4) is 0 Å². The fourth-order valence-electron chi connectivity index (χ4n) is 4.51. The molecule has 1 saturated heterocycles. The van der Waals surface area contributed by atoms with Crippen LogP contribution in [0.5, 0.6) is 5.75 Å². The third-order valence-electron chi connectivity index (χ3n) is 6.18. The van der Waals surface area contributed by atoms with Gasteiger partial charge in [0.1, 0.15) is 11.4 Å². The van der Waals surface area contributed by atoms with Crippen LogP contribution in [-0.4, -0.2) is 50.0 Å². The molecule has 170 valence electrons. The number of hydrogen-bond donors (Lipinski definition) is 2. The maximum absolute atomic E-state index is 12.4. The Bertz CT molecular complexity index is 1330. The van der Waals surface area contributed by atoms with E-state index in [0.29, 0.717) is 30.3 Å². The summed E-state index contributed by atoms with van der Waals surface area (Å²) >= 11 is 0. The molecular formula is C26H28N4O3. The first kappa shape index (κ1) is 21.2. The normalized spacial score (nSPS) is 15.3. The Morgan fingerprint density at radius 3 is 2.55 bits per heavy atom. The minimum absolute atomic E-state index is 0.184. The van der Waals surface area contributed by atoms with E-state index in [4.69, 9.17) is 4.74 Å². The Balaban J connectivity index is 1.41. The number of aromatic nitrogens is 3. The van der Waals surface area contributed by atoms with Gasteiger partial charge in [-0.05, 0) is 75.4 Å². The van der Waals surface area contributed by atoms with Crippen LogP contribution in [0.1, 0.15) is 45.1 Å². The highest BCUT2D eigenvalue weighted by atomic mass is 16.6. The van der Waals surface area contributed by atoms with E-state index in [9.17, 15) is 9.90 Å². The van der Waals surface area contributed by atoms with Gasteiger partial charge in [-0.25, -0.2) is 4.79 Å². The van der Waals surface area contributed by atoms with Gasteiger partial charge in [0.05, 0.1) is 5.69 Å². The number of H-pyrrole nitrogens is 1. The molecule has 1 fully saturated rings. The topological polar surface area (TPSA) is 91.3 Å². The molecule has 7 nitrogen and oxygen atoms in total. The average Bonchev–Trinajstić information content (AvgIpc) is 3.15. The summed E-state index contributed by atoms with van der Waals surface area (Å²) in [5, 5.41) is 21.0. The van der Waals surface area contributed by atoms with Crippen LogP contribution in [0, 0.1) is 0 Å². The van der Waals surface area contributed by atoms with Crippen molar-refractivity contribution in [3.05, 3.63) is 54.1 Å². The summed E-state index contributed by atoms with van der Waals surface area (Å²) < 4.78 is 5.52. The third kappa shape index (κ3) is 4.23. The van der Waals surface area contributed by atoms with E-state index in [1.165, 1.54) is 5.56 Å². The molecule has 33 heavy (non-hydrogen) atoms. The van der Waals surface area contributed by atoms with Crippen molar-refractivity contribution in [3.63, 3.8) is 0 Å². The lowest BCUT2D eigenvalue weighted by Gasteiger charge is -2.33. The van der Waals surface area contributed by atoms with Crippen molar-refractivity contribution in [3.8, 4) is 17.0 Å². The van der Waals surface area contributed by atoms with Crippen molar-refractivity contribution in [1.29, 1.82) is 0 Å². The number of aromatic hydroxyl groups is 1. The molecule has 1 aliphatic heterocycles. The molecule has 3 heterocycles. The van der Waals surface area contributed by atoms with Gasteiger partial charge in [-0.1, -0.05) is 18.2 Å². The molecule has 0 bridgehead atoms.